The Morgan fingerprint density at radius 1 is 0.789 bits per heavy atom. The average molecular weight is 548 g/mol. The van der Waals surface area contributed by atoms with Gasteiger partial charge < -0.3 is 10.6 Å². The normalized spacial score (nSPS) is 11.0. The standard InChI is InChI=1S/C29H26ClN3O4S/c1-20-11-14-23(15-12-20)38(36,37)33-27-16-13-22(19-25(27)30)28(34)32-26-10-6-5-9-24(26)29(35)31-18-17-21-7-3-2-4-8-21/h2-16,19,33H,17-18H2,1H3,(H,31,35)(H,32,34). The second-order valence-corrected chi connectivity index (χ2v) is 10.7. The highest BCUT2D eigenvalue weighted by molar-refractivity contribution is 7.92. The molecule has 38 heavy (non-hydrogen) atoms. The van der Waals surface area contributed by atoms with Gasteiger partial charge in [-0.2, -0.15) is 0 Å². The summed E-state index contributed by atoms with van der Waals surface area (Å²) in [5.74, 6) is -0.805. The van der Waals surface area contributed by atoms with Gasteiger partial charge in [-0.3, -0.25) is 14.3 Å². The number of hydrogen-bond donors (Lipinski definition) is 3. The van der Waals surface area contributed by atoms with Crippen LogP contribution >= 0.6 is 11.6 Å². The highest BCUT2D eigenvalue weighted by Gasteiger charge is 2.18. The molecule has 0 aliphatic rings. The minimum absolute atomic E-state index is 0.0558. The van der Waals surface area contributed by atoms with E-state index in [1.807, 2.05) is 37.3 Å². The predicted molar refractivity (Wildman–Crippen MR) is 150 cm³/mol. The lowest BCUT2D eigenvalue weighted by Gasteiger charge is -2.13. The Kier molecular flexibility index (Phi) is 8.45. The fraction of sp³-hybridized carbons (Fsp3) is 0.103. The van der Waals surface area contributed by atoms with Gasteiger partial charge >= 0.3 is 0 Å². The molecule has 4 aromatic rings. The Labute approximate surface area is 226 Å². The Hall–Kier alpha value is -4.14. The van der Waals surface area contributed by atoms with Crippen molar-refractivity contribution in [2.24, 2.45) is 0 Å². The van der Waals surface area contributed by atoms with Gasteiger partial charge in [-0.15, -0.1) is 0 Å². The second-order valence-electron chi connectivity index (χ2n) is 8.60. The number of carbonyl (C=O) groups is 2. The van der Waals surface area contributed by atoms with Gasteiger partial charge in [-0.05, 0) is 61.4 Å². The van der Waals surface area contributed by atoms with Crippen molar-refractivity contribution < 1.29 is 18.0 Å². The van der Waals surface area contributed by atoms with Gasteiger partial charge in [0.25, 0.3) is 21.8 Å². The molecule has 0 bridgehead atoms. The molecule has 194 valence electrons. The molecule has 7 nitrogen and oxygen atoms in total. The molecular weight excluding hydrogens is 522 g/mol. The van der Waals surface area contributed by atoms with Crippen LogP contribution in [0, 0.1) is 6.92 Å². The van der Waals surface area contributed by atoms with E-state index in [1.165, 1.54) is 30.3 Å². The average Bonchev–Trinajstić information content (AvgIpc) is 2.91. The summed E-state index contributed by atoms with van der Waals surface area (Å²) in [4.78, 5) is 25.8. The van der Waals surface area contributed by atoms with Gasteiger partial charge in [0.15, 0.2) is 0 Å². The van der Waals surface area contributed by atoms with Gasteiger partial charge in [0.2, 0.25) is 0 Å². The molecule has 0 atom stereocenters. The first kappa shape index (κ1) is 26.9. The van der Waals surface area contributed by atoms with Crippen molar-refractivity contribution in [1.82, 2.24) is 5.32 Å². The van der Waals surface area contributed by atoms with Gasteiger partial charge in [-0.1, -0.05) is 71.8 Å². The zero-order valence-corrected chi connectivity index (χ0v) is 22.1. The van der Waals surface area contributed by atoms with Crippen LogP contribution in [0.5, 0.6) is 0 Å². The van der Waals surface area contributed by atoms with Crippen LogP contribution in [0.25, 0.3) is 0 Å². The van der Waals surface area contributed by atoms with Crippen molar-refractivity contribution in [2.45, 2.75) is 18.2 Å². The van der Waals surface area contributed by atoms with Crippen LogP contribution < -0.4 is 15.4 Å². The summed E-state index contributed by atoms with van der Waals surface area (Å²) in [7, 11) is -3.85. The van der Waals surface area contributed by atoms with E-state index < -0.39 is 15.9 Å². The van der Waals surface area contributed by atoms with Crippen LogP contribution in [0.15, 0.2) is 102 Å². The quantitative estimate of drug-likeness (QED) is 0.251. The Morgan fingerprint density at radius 3 is 2.18 bits per heavy atom. The van der Waals surface area contributed by atoms with E-state index >= 15 is 0 Å². The zero-order valence-electron chi connectivity index (χ0n) is 20.6. The fourth-order valence-corrected chi connectivity index (χ4v) is 5.07. The van der Waals surface area contributed by atoms with Crippen molar-refractivity contribution >= 4 is 44.8 Å². The smallest absolute Gasteiger partial charge is 0.261 e. The molecule has 0 saturated carbocycles. The number of amides is 2. The van der Waals surface area contributed by atoms with E-state index in [0.717, 1.165) is 11.1 Å². The molecular formula is C29H26ClN3O4S. The van der Waals surface area contributed by atoms with Crippen LogP contribution in [0.3, 0.4) is 0 Å². The Morgan fingerprint density at radius 2 is 1.47 bits per heavy atom. The Bertz CT molecular complexity index is 1560. The lowest BCUT2D eigenvalue weighted by Crippen LogP contribution is -2.27. The predicted octanol–water partition coefficient (Wildman–Crippen LogP) is 5.67. The number of carbonyl (C=O) groups excluding carboxylic acids is 2. The van der Waals surface area contributed by atoms with Crippen molar-refractivity contribution in [3.63, 3.8) is 0 Å². The van der Waals surface area contributed by atoms with Crippen LogP contribution in [-0.2, 0) is 16.4 Å². The molecule has 0 aliphatic heterocycles. The van der Waals surface area contributed by atoms with Crippen LogP contribution in [0.2, 0.25) is 5.02 Å². The molecule has 0 aromatic heterocycles. The summed E-state index contributed by atoms with van der Waals surface area (Å²) in [5, 5.41) is 5.68. The summed E-state index contributed by atoms with van der Waals surface area (Å²) in [5.41, 5.74) is 3.05. The second kappa shape index (κ2) is 11.9. The summed E-state index contributed by atoms with van der Waals surface area (Å²) in [6, 6.07) is 27.1. The number of aryl methyl sites for hydroxylation is 1. The van der Waals surface area contributed by atoms with Gasteiger partial charge in [0.1, 0.15) is 0 Å². The molecule has 0 heterocycles. The maximum absolute atomic E-state index is 12.9. The summed E-state index contributed by atoms with van der Waals surface area (Å²) < 4.78 is 27.8. The Balaban J connectivity index is 1.43. The maximum Gasteiger partial charge on any atom is 0.261 e. The van der Waals surface area contributed by atoms with Crippen molar-refractivity contribution in [3.8, 4) is 0 Å². The molecule has 3 N–H and O–H groups in total. The third-order valence-electron chi connectivity index (χ3n) is 5.77. The van der Waals surface area contributed by atoms with E-state index in [0.29, 0.717) is 24.2 Å². The number of nitrogens with one attached hydrogen (secondary N) is 3. The van der Waals surface area contributed by atoms with Gasteiger partial charge in [0, 0.05) is 12.1 Å². The van der Waals surface area contributed by atoms with Crippen molar-refractivity contribution in [1.29, 1.82) is 0 Å². The molecule has 0 saturated heterocycles. The van der Waals surface area contributed by atoms with E-state index in [9.17, 15) is 18.0 Å². The number of rotatable bonds is 9. The van der Waals surface area contributed by atoms with Crippen molar-refractivity contribution in [3.05, 3.63) is 124 Å². The lowest BCUT2D eigenvalue weighted by molar-refractivity contribution is 0.0955. The van der Waals surface area contributed by atoms with Gasteiger partial charge in [0.05, 0.1) is 26.9 Å². The minimum Gasteiger partial charge on any atom is -0.352 e. The van der Waals surface area contributed by atoms with E-state index in [-0.39, 0.29) is 27.1 Å². The van der Waals surface area contributed by atoms with E-state index in [1.54, 1.807) is 36.4 Å². The first-order chi connectivity index (χ1) is 18.2. The number of halogens is 1. The minimum atomic E-state index is -3.85. The molecule has 0 aliphatic carbocycles. The molecule has 4 aromatic carbocycles. The molecule has 0 spiro atoms. The third-order valence-corrected chi connectivity index (χ3v) is 7.46. The highest BCUT2D eigenvalue weighted by atomic mass is 35.5. The number of para-hydroxylation sites is 1. The van der Waals surface area contributed by atoms with E-state index in [2.05, 4.69) is 15.4 Å². The SMILES string of the molecule is Cc1ccc(S(=O)(=O)Nc2ccc(C(=O)Nc3ccccc3C(=O)NCCc3ccccc3)cc2Cl)cc1. The van der Waals surface area contributed by atoms with Crippen molar-refractivity contribution in [2.75, 3.05) is 16.6 Å². The zero-order chi connectivity index (χ0) is 27.1. The summed E-state index contributed by atoms with van der Waals surface area (Å²) in [6.45, 7) is 2.31. The van der Waals surface area contributed by atoms with E-state index in [4.69, 9.17) is 11.6 Å². The maximum atomic E-state index is 12.9. The monoisotopic (exact) mass is 547 g/mol. The van der Waals surface area contributed by atoms with Crippen LogP contribution in [0.1, 0.15) is 31.8 Å². The number of anilines is 2. The molecule has 4 rings (SSSR count). The first-order valence-electron chi connectivity index (χ1n) is 11.8. The summed E-state index contributed by atoms with van der Waals surface area (Å²) >= 11 is 6.31. The van der Waals surface area contributed by atoms with Crippen LogP contribution in [-0.4, -0.2) is 26.8 Å². The molecule has 0 unspecified atom stereocenters. The molecule has 2 amide bonds. The van der Waals surface area contributed by atoms with Crippen LogP contribution in [0.4, 0.5) is 11.4 Å². The molecule has 9 heteroatoms. The lowest BCUT2D eigenvalue weighted by atomic mass is 10.1. The number of benzene rings is 4. The topological polar surface area (TPSA) is 104 Å². The number of hydrogen-bond acceptors (Lipinski definition) is 4. The number of sulfonamides is 1. The fourth-order valence-electron chi connectivity index (χ4n) is 3.71. The third kappa shape index (κ3) is 6.79. The molecule has 0 radical (unpaired) electrons. The van der Waals surface area contributed by atoms with Gasteiger partial charge in [-0.25, -0.2) is 8.42 Å². The summed E-state index contributed by atoms with van der Waals surface area (Å²) in [6.07, 6.45) is 0.680. The molecule has 0 fully saturated rings. The first-order valence-corrected chi connectivity index (χ1v) is 13.7. The largest absolute Gasteiger partial charge is 0.352 e. The highest BCUT2D eigenvalue weighted by Crippen LogP contribution is 2.27.